The van der Waals surface area contributed by atoms with E-state index in [2.05, 4.69) is 22.9 Å². The molecule has 0 aromatic heterocycles. The lowest BCUT2D eigenvalue weighted by Crippen LogP contribution is -2.45. The maximum atomic E-state index is 11.8. The fraction of sp³-hybridized carbons (Fsp3) is 0.467. The van der Waals surface area contributed by atoms with Gasteiger partial charge in [0.25, 0.3) is 5.91 Å². The van der Waals surface area contributed by atoms with E-state index in [1.165, 1.54) is 0 Å². The van der Waals surface area contributed by atoms with Gasteiger partial charge in [0, 0.05) is 18.3 Å². The molecule has 1 aliphatic rings. The Balaban J connectivity index is 2.04. The average molecular weight is 291 g/mol. The molecule has 0 saturated carbocycles. The minimum atomic E-state index is -0.922. The van der Waals surface area contributed by atoms with Crippen molar-refractivity contribution in [2.45, 2.75) is 39.2 Å². The van der Waals surface area contributed by atoms with Gasteiger partial charge in [-0.1, -0.05) is 13.3 Å². The van der Waals surface area contributed by atoms with E-state index in [9.17, 15) is 9.59 Å². The smallest absolute Gasteiger partial charge is 0.319 e. The molecule has 0 radical (unpaired) electrons. The molecule has 0 spiro atoms. The number of hydrogen-bond acceptors (Lipinski definition) is 3. The summed E-state index contributed by atoms with van der Waals surface area (Å²) in [4.78, 5) is 23.5. The number of carbonyl (C=O) groups is 2. The van der Waals surface area contributed by atoms with E-state index in [1.54, 1.807) is 32.0 Å². The minimum Gasteiger partial charge on any atom is -0.476 e. The Kier molecular flexibility index (Phi) is 4.35. The fourth-order valence-electron chi connectivity index (χ4n) is 1.94. The quantitative estimate of drug-likeness (QED) is 0.746. The molecule has 6 nitrogen and oxygen atoms in total. The van der Waals surface area contributed by atoms with Crippen molar-refractivity contribution in [1.29, 1.82) is 0 Å². The monoisotopic (exact) mass is 291 g/mol. The van der Waals surface area contributed by atoms with Crippen LogP contribution in [0.15, 0.2) is 18.2 Å². The Bertz CT molecular complexity index is 555. The number of carbonyl (C=O) groups excluding carboxylic acids is 2. The van der Waals surface area contributed by atoms with Crippen LogP contribution in [0.5, 0.6) is 5.75 Å². The van der Waals surface area contributed by atoms with Crippen molar-refractivity contribution in [1.82, 2.24) is 5.32 Å². The highest BCUT2D eigenvalue weighted by Crippen LogP contribution is 2.35. The molecule has 2 rings (SSSR count). The molecule has 21 heavy (non-hydrogen) atoms. The minimum absolute atomic E-state index is 0.187. The van der Waals surface area contributed by atoms with Gasteiger partial charge < -0.3 is 20.7 Å². The van der Waals surface area contributed by atoms with Crippen molar-refractivity contribution < 1.29 is 14.3 Å². The third-order valence-corrected chi connectivity index (χ3v) is 3.22. The van der Waals surface area contributed by atoms with Crippen molar-refractivity contribution in [2.24, 2.45) is 0 Å². The van der Waals surface area contributed by atoms with Crippen molar-refractivity contribution in [2.75, 3.05) is 17.2 Å². The van der Waals surface area contributed by atoms with E-state index < -0.39 is 5.60 Å². The topological polar surface area (TPSA) is 79.5 Å². The first-order valence-electron chi connectivity index (χ1n) is 7.12. The Morgan fingerprint density at radius 1 is 1.38 bits per heavy atom. The number of amides is 3. The molecule has 0 bridgehead atoms. The lowest BCUT2D eigenvalue weighted by atomic mass is 10.1. The molecule has 0 unspecified atom stereocenters. The molecular weight excluding hydrogens is 270 g/mol. The van der Waals surface area contributed by atoms with E-state index in [0.29, 0.717) is 23.7 Å². The third-order valence-electron chi connectivity index (χ3n) is 3.22. The molecule has 6 heteroatoms. The number of anilines is 2. The predicted octanol–water partition coefficient (Wildman–Crippen LogP) is 2.72. The van der Waals surface area contributed by atoms with Gasteiger partial charge in [-0.25, -0.2) is 4.79 Å². The molecule has 0 atom stereocenters. The van der Waals surface area contributed by atoms with Gasteiger partial charge in [0.15, 0.2) is 5.60 Å². The van der Waals surface area contributed by atoms with Gasteiger partial charge in [0.05, 0.1) is 5.69 Å². The van der Waals surface area contributed by atoms with Crippen LogP contribution in [0.4, 0.5) is 16.2 Å². The first-order valence-corrected chi connectivity index (χ1v) is 7.12. The van der Waals surface area contributed by atoms with Crippen LogP contribution >= 0.6 is 0 Å². The van der Waals surface area contributed by atoms with Gasteiger partial charge in [-0.3, -0.25) is 4.79 Å². The zero-order valence-corrected chi connectivity index (χ0v) is 12.6. The van der Waals surface area contributed by atoms with Gasteiger partial charge in [-0.2, -0.15) is 0 Å². The number of ether oxygens (including phenoxy) is 1. The zero-order valence-electron chi connectivity index (χ0n) is 12.6. The summed E-state index contributed by atoms with van der Waals surface area (Å²) in [5.74, 6) is 0.360. The van der Waals surface area contributed by atoms with Gasteiger partial charge in [-0.05, 0) is 32.4 Å². The fourth-order valence-corrected chi connectivity index (χ4v) is 1.94. The Labute approximate surface area is 124 Å². The molecule has 1 aromatic rings. The molecule has 1 heterocycles. The molecule has 3 amide bonds. The second-order valence-corrected chi connectivity index (χ2v) is 5.51. The van der Waals surface area contributed by atoms with Gasteiger partial charge in [-0.15, -0.1) is 0 Å². The van der Waals surface area contributed by atoms with Gasteiger partial charge >= 0.3 is 6.03 Å². The zero-order chi connectivity index (χ0) is 15.5. The van der Waals surface area contributed by atoms with Crippen LogP contribution in [0.3, 0.4) is 0 Å². The number of nitrogens with one attached hydrogen (secondary N) is 3. The maximum absolute atomic E-state index is 11.8. The summed E-state index contributed by atoms with van der Waals surface area (Å²) in [5, 5.41) is 8.30. The number of unbranched alkanes of at least 4 members (excludes halogenated alkanes) is 1. The summed E-state index contributed by atoms with van der Waals surface area (Å²) in [5.41, 5.74) is 0.306. The molecule has 1 aliphatic heterocycles. The van der Waals surface area contributed by atoms with Crippen LogP contribution in [0, 0.1) is 0 Å². The summed E-state index contributed by atoms with van der Waals surface area (Å²) < 4.78 is 5.67. The molecule has 1 aromatic carbocycles. The highest BCUT2D eigenvalue weighted by molar-refractivity contribution is 6.00. The summed E-state index contributed by atoms with van der Waals surface area (Å²) in [6, 6.07) is 4.89. The summed E-state index contributed by atoms with van der Waals surface area (Å²) in [6.07, 6.45) is 1.97. The SMILES string of the molecule is CCCCNC(=O)Nc1ccc2c(c1)OC(C)(C)C(=O)N2. The number of rotatable bonds is 4. The first kappa shape index (κ1) is 15.2. The van der Waals surface area contributed by atoms with E-state index >= 15 is 0 Å². The third kappa shape index (κ3) is 3.65. The maximum Gasteiger partial charge on any atom is 0.319 e. The van der Waals surface area contributed by atoms with Crippen LogP contribution in [-0.2, 0) is 4.79 Å². The first-order chi connectivity index (χ1) is 9.92. The molecular formula is C15H21N3O3. The number of urea groups is 1. The molecule has 0 aliphatic carbocycles. The Hall–Kier alpha value is -2.24. The summed E-state index contributed by atoms with van der Waals surface area (Å²) in [6.45, 7) is 6.11. The second-order valence-electron chi connectivity index (χ2n) is 5.51. The van der Waals surface area contributed by atoms with E-state index in [0.717, 1.165) is 12.8 Å². The van der Waals surface area contributed by atoms with Crippen molar-refractivity contribution >= 4 is 23.3 Å². The Morgan fingerprint density at radius 2 is 2.14 bits per heavy atom. The van der Waals surface area contributed by atoms with Crippen LogP contribution in [0.25, 0.3) is 0 Å². The number of benzene rings is 1. The van der Waals surface area contributed by atoms with Crippen molar-refractivity contribution in [3.05, 3.63) is 18.2 Å². The lowest BCUT2D eigenvalue weighted by Gasteiger charge is -2.31. The highest BCUT2D eigenvalue weighted by Gasteiger charge is 2.35. The second kappa shape index (κ2) is 6.03. The average Bonchev–Trinajstić information content (AvgIpc) is 2.40. The van der Waals surface area contributed by atoms with Crippen LogP contribution < -0.4 is 20.7 Å². The molecule has 0 fully saturated rings. The largest absolute Gasteiger partial charge is 0.476 e. The highest BCUT2D eigenvalue weighted by atomic mass is 16.5. The van der Waals surface area contributed by atoms with Gasteiger partial charge in [0.1, 0.15) is 5.75 Å². The number of hydrogen-bond donors (Lipinski definition) is 3. The molecule has 0 saturated heterocycles. The summed E-state index contributed by atoms with van der Waals surface area (Å²) >= 11 is 0. The van der Waals surface area contributed by atoms with Crippen LogP contribution in [-0.4, -0.2) is 24.1 Å². The van der Waals surface area contributed by atoms with Crippen LogP contribution in [0.1, 0.15) is 33.6 Å². The van der Waals surface area contributed by atoms with Crippen LogP contribution in [0.2, 0.25) is 0 Å². The van der Waals surface area contributed by atoms with Crippen molar-refractivity contribution in [3.63, 3.8) is 0 Å². The molecule has 3 N–H and O–H groups in total. The Morgan fingerprint density at radius 3 is 2.86 bits per heavy atom. The number of fused-ring (bicyclic) bond motifs is 1. The standard InChI is InChI=1S/C15H21N3O3/c1-4-5-8-16-14(20)17-10-6-7-11-12(9-10)21-15(2,3)13(19)18-11/h6-7,9H,4-5,8H2,1-3H3,(H,18,19)(H2,16,17,20). The van der Waals surface area contributed by atoms with Gasteiger partial charge in [0.2, 0.25) is 0 Å². The van der Waals surface area contributed by atoms with E-state index in [4.69, 9.17) is 4.74 Å². The summed E-state index contributed by atoms with van der Waals surface area (Å²) in [7, 11) is 0. The lowest BCUT2D eigenvalue weighted by molar-refractivity contribution is -0.129. The van der Waals surface area contributed by atoms with E-state index in [-0.39, 0.29) is 11.9 Å². The molecule has 114 valence electrons. The van der Waals surface area contributed by atoms with E-state index in [1.807, 2.05) is 0 Å². The van der Waals surface area contributed by atoms with Crippen molar-refractivity contribution in [3.8, 4) is 5.75 Å². The normalized spacial score (nSPS) is 15.5. The predicted molar refractivity (Wildman–Crippen MR) is 81.7 cm³/mol.